The standard InChI is InChI=1S/C13H20N4O2/c1-9(2)11(12(14)17-19)13(18)16-8-6-10-5-3-4-7-15-10/h3-5,7,9,11,19H,6,8H2,1-2H3,(H2,14,17)(H,16,18). The quantitative estimate of drug-likeness (QED) is 0.305. The highest BCUT2D eigenvalue weighted by atomic mass is 16.4. The fourth-order valence-electron chi connectivity index (χ4n) is 1.81. The summed E-state index contributed by atoms with van der Waals surface area (Å²) in [5.74, 6) is -0.953. The van der Waals surface area contributed by atoms with E-state index in [1.807, 2.05) is 32.0 Å². The van der Waals surface area contributed by atoms with Crippen LogP contribution in [0.5, 0.6) is 0 Å². The number of nitrogens with one attached hydrogen (secondary N) is 1. The molecule has 0 aliphatic rings. The van der Waals surface area contributed by atoms with Gasteiger partial charge in [0.05, 0.1) is 0 Å². The molecule has 0 aliphatic heterocycles. The van der Waals surface area contributed by atoms with Gasteiger partial charge in [-0.2, -0.15) is 0 Å². The Kier molecular flexibility index (Phi) is 5.78. The van der Waals surface area contributed by atoms with Crippen molar-refractivity contribution in [3.05, 3.63) is 30.1 Å². The summed E-state index contributed by atoms with van der Waals surface area (Å²) in [6, 6.07) is 5.64. The van der Waals surface area contributed by atoms with Gasteiger partial charge in [-0.25, -0.2) is 0 Å². The first-order valence-electron chi connectivity index (χ1n) is 6.21. The number of hydrogen-bond donors (Lipinski definition) is 3. The second-order valence-corrected chi connectivity index (χ2v) is 4.61. The van der Waals surface area contributed by atoms with Gasteiger partial charge >= 0.3 is 0 Å². The van der Waals surface area contributed by atoms with Crippen molar-refractivity contribution in [3.63, 3.8) is 0 Å². The maximum atomic E-state index is 12.0. The average Bonchev–Trinajstić information content (AvgIpc) is 2.39. The molecule has 1 rings (SSSR count). The number of hydrogen-bond acceptors (Lipinski definition) is 4. The molecule has 0 bridgehead atoms. The van der Waals surface area contributed by atoms with Gasteiger partial charge in [0.1, 0.15) is 5.92 Å². The SMILES string of the molecule is CC(C)C(C(=O)NCCc1ccccn1)C(N)=NO. The number of amides is 1. The zero-order valence-corrected chi connectivity index (χ0v) is 11.2. The highest BCUT2D eigenvalue weighted by Gasteiger charge is 2.26. The van der Waals surface area contributed by atoms with Crippen LogP contribution in [0.25, 0.3) is 0 Å². The van der Waals surface area contributed by atoms with Gasteiger partial charge in [-0.3, -0.25) is 9.78 Å². The van der Waals surface area contributed by atoms with Crippen LogP contribution >= 0.6 is 0 Å². The molecule has 0 saturated heterocycles. The van der Waals surface area contributed by atoms with Crippen LogP contribution in [0.15, 0.2) is 29.6 Å². The zero-order valence-electron chi connectivity index (χ0n) is 11.2. The summed E-state index contributed by atoms with van der Waals surface area (Å²) < 4.78 is 0. The number of pyridine rings is 1. The number of carbonyl (C=O) groups is 1. The van der Waals surface area contributed by atoms with E-state index in [0.29, 0.717) is 13.0 Å². The van der Waals surface area contributed by atoms with E-state index in [0.717, 1.165) is 5.69 Å². The summed E-state index contributed by atoms with van der Waals surface area (Å²) in [4.78, 5) is 16.1. The van der Waals surface area contributed by atoms with Gasteiger partial charge in [0.15, 0.2) is 5.84 Å². The minimum absolute atomic E-state index is 0.0363. The van der Waals surface area contributed by atoms with E-state index < -0.39 is 5.92 Å². The smallest absolute Gasteiger partial charge is 0.231 e. The first-order chi connectivity index (χ1) is 9.06. The van der Waals surface area contributed by atoms with E-state index in [9.17, 15) is 4.79 Å². The van der Waals surface area contributed by atoms with Crippen molar-refractivity contribution < 1.29 is 10.0 Å². The van der Waals surface area contributed by atoms with Crippen molar-refractivity contribution in [3.8, 4) is 0 Å². The highest BCUT2D eigenvalue weighted by molar-refractivity contribution is 6.02. The molecule has 1 aromatic heterocycles. The molecular formula is C13H20N4O2. The van der Waals surface area contributed by atoms with Crippen LogP contribution in [0.2, 0.25) is 0 Å². The monoisotopic (exact) mass is 264 g/mol. The molecule has 6 heteroatoms. The largest absolute Gasteiger partial charge is 0.409 e. The van der Waals surface area contributed by atoms with Crippen molar-refractivity contribution in [2.75, 3.05) is 6.54 Å². The van der Waals surface area contributed by atoms with Gasteiger partial charge in [-0.05, 0) is 18.1 Å². The Morgan fingerprint density at radius 1 is 1.53 bits per heavy atom. The summed E-state index contributed by atoms with van der Waals surface area (Å²) in [5, 5.41) is 14.4. The number of oxime groups is 1. The maximum Gasteiger partial charge on any atom is 0.231 e. The van der Waals surface area contributed by atoms with E-state index in [1.54, 1.807) is 6.20 Å². The molecule has 0 radical (unpaired) electrons. The van der Waals surface area contributed by atoms with Gasteiger partial charge < -0.3 is 16.3 Å². The van der Waals surface area contributed by atoms with Crippen molar-refractivity contribution >= 4 is 11.7 Å². The van der Waals surface area contributed by atoms with Crippen LogP contribution in [-0.4, -0.2) is 28.5 Å². The fourth-order valence-corrected chi connectivity index (χ4v) is 1.81. The number of nitrogens with two attached hydrogens (primary N) is 1. The van der Waals surface area contributed by atoms with E-state index in [4.69, 9.17) is 10.9 Å². The number of carbonyl (C=O) groups excluding carboxylic acids is 1. The third kappa shape index (κ3) is 4.57. The Bertz CT molecular complexity index is 432. The average molecular weight is 264 g/mol. The van der Waals surface area contributed by atoms with Crippen LogP contribution < -0.4 is 11.1 Å². The summed E-state index contributed by atoms with van der Waals surface area (Å²) in [5.41, 5.74) is 6.44. The lowest BCUT2D eigenvalue weighted by molar-refractivity contribution is -0.124. The molecule has 4 N–H and O–H groups in total. The van der Waals surface area contributed by atoms with Gasteiger partial charge in [0.2, 0.25) is 5.91 Å². The number of amidine groups is 1. The van der Waals surface area contributed by atoms with Gasteiger partial charge in [-0.1, -0.05) is 25.1 Å². The Morgan fingerprint density at radius 3 is 2.79 bits per heavy atom. The zero-order chi connectivity index (χ0) is 14.3. The minimum atomic E-state index is -0.617. The highest BCUT2D eigenvalue weighted by Crippen LogP contribution is 2.11. The topological polar surface area (TPSA) is 101 Å². The van der Waals surface area contributed by atoms with Crippen molar-refractivity contribution in [2.45, 2.75) is 20.3 Å². The molecule has 0 spiro atoms. The Morgan fingerprint density at radius 2 is 2.26 bits per heavy atom. The lowest BCUT2D eigenvalue weighted by Crippen LogP contribution is -2.42. The van der Waals surface area contributed by atoms with Gasteiger partial charge in [0.25, 0.3) is 0 Å². The molecule has 0 aromatic carbocycles. The molecule has 104 valence electrons. The molecule has 0 aliphatic carbocycles. The third-order valence-corrected chi connectivity index (χ3v) is 2.79. The summed E-state index contributed by atoms with van der Waals surface area (Å²) in [7, 11) is 0. The van der Waals surface area contributed by atoms with Gasteiger partial charge in [0, 0.05) is 24.9 Å². The second kappa shape index (κ2) is 7.35. The number of aromatic nitrogens is 1. The first kappa shape index (κ1) is 14.9. The molecule has 1 amide bonds. The van der Waals surface area contributed by atoms with E-state index in [1.165, 1.54) is 0 Å². The summed E-state index contributed by atoms with van der Waals surface area (Å²) >= 11 is 0. The molecule has 1 atom stereocenters. The first-order valence-corrected chi connectivity index (χ1v) is 6.21. The molecule has 0 saturated carbocycles. The van der Waals surface area contributed by atoms with E-state index in [-0.39, 0.29) is 17.7 Å². The molecule has 1 aromatic rings. The maximum absolute atomic E-state index is 12.0. The molecule has 1 unspecified atom stereocenters. The number of nitrogens with zero attached hydrogens (tertiary/aromatic N) is 2. The van der Waals surface area contributed by atoms with Crippen LogP contribution in [0.3, 0.4) is 0 Å². The van der Waals surface area contributed by atoms with Crippen LogP contribution in [-0.2, 0) is 11.2 Å². The predicted octanol–water partition coefficient (Wildman–Crippen LogP) is 0.759. The van der Waals surface area contributed by atoms with Crippen molar-refractivity contribution in [1.82, 2.24) is 10.3 Å². The third-order valence-electron chi connectivity index (χ3n) is 2.79. The van der Waals surface area contributed by atoms with Crippen LogP contribution in [0, 0.1) is 11.8 Å². The van der Waals surface area contributed by atoms with Crippen molar-refractivity contribution in [1.29, 1.82) is 0 Å². The summed E-state index contributed by atoms with van der Waals surface area (Å²) in [6.07, 6.45) is 2.36. The van der Waals surface area contributed by atoms with Gasteiger partial charge in [-0.15, -0.1) is 0 Å². The summed E-state index contributed by atoms with van der Waals surface area (Å²) in [6.45, 7) is 4.17. The minimum Gasteiger partial charge on any atom is -0.409 e. The molecule has 1 heterocycles. The van der Waals surface area contributed by atoms with Crippen LogP contribution in [0.1, 0.15) is 19.5 Å². The normalized spacial score (nSPS) is 13.3. The van der Waals surface area contributed by atoms with E-state index >= 15 is 0 Å². The molecule has 6 nitrogen and oxygen atoms in total. The van der Waals surface area contributed by atoms with E-state index in [2.05, 4.69) is 15.5 Å². The molecule has 0 fully saturated rings. The molecule has 19 heavy (non-hydrogen) atoms. The van der Waals surface area contributed by atoms with Crippen LogP contribution in [0.4, 0.5) is 0 Å². The Labute approximate surface area is 112 Å². The number of rotatable bonds is 6. The molecular weight excluding hydrogens is 244 g/mol. The second-order valence-electron chi connectivity index (χ2n) is 4.61. The Balaban J connectivity index is 2.50. The lowest BCUT2D eigenvalue weighted by atomic mass is 9.94. The predicted molar refractivity (Wildman–Crippen MR) is 72.7 cm³/mol. The van der Waals surface area contributed by atoms with Crippen molar-refractivity contribution in [2.24, 2.45) is 22.7 Å². The lowest BCUT2D eigenvalue weighted by Gasteiger charge is -2.18. The Hall–Kier alpha value is -2.11. The fraction of sp³-hybridized carbons (Fsp3) is 0.462.